The van der Waals surface area contributed by atoms with Crippen LogP contribution in [-0.2, 0) is 13.2 Å². The summed E-state index contributed by atoms with van der Waals surface area (Å²) in [5, 5.41) is 12.7. The number of nitrogens with one attached hydrogen (secondary N) is 1. The van der Waals surface area contributed by atoms with Crippen molar-refractivity contribution in [2.24, 2.45) is 0 Å². The van der Waals surface area contributed by atoms with Crippen molar-refractivity contribution < 1.29 is 14.6 Å². The van der Waals surface area contributed by atoms with E-state index in [1.165, 1.54) is 5.56 Å². The third-order valence-corrected chi connectivity index (χ3v) is 4.08. The maximum absolute atomic E-state index is 9.33. The van der Waals surface area contributed by atoms with Crippen molar-refractivity contribution in [2.75, 3.05) is 13.7 Å². The summed E-state index contributed by atoms with van der Waals surface area (Å²) in [6.45, 7) is 5.36. The second-order valence-electron chi connectivity index (χ2n) is 5.89. The molecule has 4 nitrogen and oxygen atoms in total. The molecule has 2 aromatic rings. The molecule has 0 saturated heterocycles. The Morgan fingerprint density at radius 2 is 1.84 bits per heavy atom. The van der Waals surface area contributed by atoms with Crippen LogP contribution >= 0.6 is 12.4 Å². The van der Waals surface area contributed by atoms with Crippen molar-refractivity contribution >= 4 is 12.4 Å². The third kappa shape index (κ3) is 6.24. The molecule has 0 aliphatic heterocycles. The standard InChI is InChI=1S/C20H27NO3.ClH/c1-4-18(13-22)21-12-17-6-5-7-19(23-3)20(17)24-14-16-10-8-15(2)9-11-16;/h5-11,18,21-22H,4,12-14H2,1-3H3;1H. The molecule has 138 valence electrons. The predicted molar refractivity (Wildman–Crippen MR) is 104 cm³/mol. The van der Waals surface area contributed by atoms with E-state index >= 15 is 0 Å². The zero-order valence-corrected chi connectivity index (χ0v) is 15.9. The Morgan fingerprint density at radius 3 is 2.44 bits per heavy atom. The zero-order valence-electron chi connectivity index (χ0n) is 15.1. The largest absolute Gasteiger partial charge is 0.493 e. The van der Waals surface area contributed by atoms with Crippen LogP contribution in [0, 0.1) is 6.92 Å². The molecule has 2 rings (SSSR count). The lowest BCUT2D eigenvalue weighted by Crippen LogP contribution is -2.31. The molecule has 1 unspecified atom stereocenters. The number of hydrogen-bond donors (Lipinski definition) is 2. The molecule has 0 heterocycles. The van der Waals surface area contributed by atoms with Gasteiger partial charge in [0.25, 0.3) is 0 Å². The number of methoxy groups -OCH3 is 1. The van der Waals surface area contributed by atoms with Gasteiger partial charge in [0.05, 0.1) is 13.7 Å². The average molecular weight is 366 g/mol. The summed E-state index contributed by atoms with van der Waals surface area (Å²) in [4.78, 5) is 0. The van der Waals surface area contributed by atoms with Gasteiger partial charge in [-0.25, -0.2) is 0 Å². The molecule has 0 spiro atoms. The Morgan fingerprint density at radius 1 is 1.12 bits per heavy atom. The predicted octanol–water partition coefficient (Wildman–Crippen LogP) is 3.86. The smallest absolute Gasteiger partial charge is 0.166 e. The van der Waals surface area contributed by atoms with Crippen molar-refractivity contribution in [3.05, 3.63) is 59.2 Å². The van der Waals surface area contributed by atoms with Gasteiger partial charge in [-0.05, 0) is 25.0 Å². The van der Waals surface area contributed by atoms with Crippen molar-refractivity contribution in [1.29, 1.82) is 0 Å². The van der Waals surface area contributed by atoms with E-state index in [1.54, 1.807) is 7.11 Å². The van der Waals surface area contributed by atoms with Gasteiger partial charge in [0.2, 0.25) is 0 Å². The number of aliphatic hydroxyl groups is 1. The fourth-order valence-corrected chi connectivity index (χ4v) is 2.46. The summed E-state index contributed by atoms with van der Waals surface area (Å²) in [5.41, 5.74) is 3.37. The van der Waals surface area contributed by atoms with Gasteiger partial charge in [-0.3, -0.25) is 0 Å². The lowest BCUT2D eigenvalue weighted by Gasteiger charge is -2.18. The third-order valence-electron chi connectivity index (χ3n) is 4.08. The highest BCUT2D eigenvalue weighted by molar-refractivity contribution is 5.85. The minimum atomic E-state index is 0. The zero-order chi connectivity index (χ0) is 17.4. The quantitative estimate of drug-likeness (QED) is 0.708. The van der Waals surface area contributed by atoms with Gasteiger partial charge >= 0.3 is 0 Å². The van der Waals surface area contributed by atoms with Gasteiger partial charge in [-0.1, -0.05) is 48.9 Å². The summed E-state index contributed by atoms with van der Waals surface area (Å²) in [6.07, 6.45) is 0.875. The van der Waals surface area contributed by atoms with E-state index in [0.29, 0.717) is 13.2 Å². The first kappa shape index (κ1) is 21.3. The number of hydrogen-bond acceptors (Lipinski definition) is 4. The number of rotatable bonds is 9. The average Bonchev–Trinajstić information content (AvgIpc) is 2.62. The lowest BCUT2D eigenvalue weighted by molar-refractivity contribution is 0.236. The molecule has 0 amide bonds. The van der Waals surface area contributed by atoms with Crippen LogP contribution in [0.25, 0.3) is 0 Å². The van der Waals surface area contributed by atoms with Crippen molar-refractivity contribution in [3.8, 4) is 11.5 Å². The van der Waals surface area contributed by atoms with E-state index in [9.17, 15) is 5.11 Å². The van der Waals surface area contributed by atoms with Crippen LogP contribution in [-0.4, -0.2) is 24.9 Å². The summed E-state index contributed by atoms with van der Waals surface area (Å²) >= 11 is 0. The van der Waals surface area contributed by atoms with E-state index < -0.39 is 0 Å². The molecule has 0 aliphatic rings. The molecule has 2 N–H and O–H groups in total. The first-order chi connectivity index (χ1) is 11.7. The van der Waals surface area contributed by atoms with Crippen LogP contribution in [0.15, 0.2) is 42.5 Å². The molecule has 0 aliphatic carbocycles. The van der Waals surface area contributed by atoms with E-state index in [2.05, 4.69) is 36.5 Å². The van der Waals surface area contributed by atoms with E-state index in [-0.39, 0.29) is 25.1 Å². The number of ether oxygens (including phenoxy) is 2. The fourth-order valence-electron chi connectivity index (χ4n) is 2.46. The fraction of sp³-hybridized carbons (Fsp3) is 0.400. The molecule has 0 bridgehead atoms. The number of benzene rings is 2. The Hall–Kier alpha value is -1.75. The van der Waals surface area contributed by atoms with Gasteiger partial charge < -0.3 is 19.9 Å². The maximum atomic E-state index is 9.33. The molecule has 0 aromatic heterocycles. The van der Waals surface area contributed by atoms with E-state index in [0.717, 1.165) is 29.0 Å². The highest BCUT2D eigenvalue weighted by Crippen LogP contribution is 2.32. The molecule has 0 saturated carbocycles. The lowest BCUT2D eigenvalue weighted by atomic mass is 10.1. The summed E-state index contributed by atoms with van der Waals surface area (Å²) in [5.74, 6) is 1.47. The monoisotopic (exact) mass is 365 g/mol. The number of aryl methyl sites for hydroxylation is 1. The summed E-state index contributed by atoms with van der Waals surface area (Å²) < 4.78 is 11.5. The summed E-state index contributed by atoms with van der Waals surface area (Å²) in [6, 6.07) is 14.3. The van der Waals surface area contributed by atoms with Gasteiger partial charge in [-0.2, -0.15) is 0 Å². The SMILES string of the molecule is CCC(CO)NCc1cccc(OC)c1OCc1ccc(C)cc1.Cl. The molecule has 0 radical (unpaired) electrons. The van der Waals surface area contributed by atoms with Crippen LogP contribution in [0.4, 0.5) is 0 Å². The second-order valence-corrected chi connectivity index (χ2v) is 5.89. The molecule has 5 heteroatoms. The topological polar surface area (TPSA) is 50.7 Å². The molecule has 0 fully saturated rings. The first-order valence-electron chi connectivity index (χ1n) is 8.36. The number of halogens is 1. The molecular weight excluding hydrogens is 338 g/mol. The second kappa shape index (κ2) is 11.0. The molecule has 2 aromatic carbocycles. The Balaban J connectivity index is 0.00000312. The highest BCUT2D eigenvalue weighted by atomic mass is 35.5. The van der Waals surface area contributed by atoms with Crippen LogP contribution in [0.3, 0.4) is 0 Å². The van der Waals surface area contributed by atoms with Crippen LogP contribution in [0.2, 0.25) is 0 Å². The number of para-hydroxylation sites is 1. The van der Waals surface area contributed by atoms with Crippen molar-refractivity contribution in [3.63, 3.8) is 0 Å². The molecular formula is C20H28ClNO3. The molecule has 25 heavy (non-hydrogen) atoms. The van der Waals surface area contributed by atoms with Crippen molar-refractivity contribution in [2.45, 2.75) is 39.5 Å². The Kier molecular flexibility index (Phi) is 9.35. The summed E-state index contributed by atoms with van der Waals surface area (Å²) in [7, 11) is 1.65. The normalized spacial score (nSPS) is 11.5. The van der Waals surface area contributed by atoms with Crippen molar-refractivity contribution in [1.82, 2.24) is 5.32 Å². The van der Waals surface area contributed by atoms with Crippen LogP contribution < -0.4 is 14.8 Å². The minimum Gasteiger partial charge on any atom is -0.493 e. The van der Waals surface area contributed by atoms with E-state index in [4.69, 9.17) is 9.47 Å². The number of aliphatic hydroxyl groups excluding tert-OH is 1. The van der Waals surface area contributed by atoms with Gasteiger partial charge in [-0.15, -0.1) is 12.4 Å². The Labute approximate surface area is 156 Å². The van der Waals surface area contributed by atoms with Gasteiger partial charge in [0, 0.05) is 18.2 Å². The van der Waals surface area contributed by atoms with Gasteiger partial charge in [0.1, 0.15) is 6.61 Å². The first-order valence-corrected chi connectivity index (χ1v) is 8.36. The molecule has 1 atom stereocenters. The van der Waals surface area contributed by atoms with Crippen LogP contribution in [0.1, 0.15) is 30.0 Å². The Bertz CT molecular complexity index is 627. The van der Waals surface area contributed by atoms with E-state index in [1.807, 2.05) is 25.1 Å². The minimum absolute atomic E-state index is 0. The maximum Gasteiger partial charge on any atom is 0.166 e. The van der Waals surface area contributed by atoms with Gasteiger partial charge in [0.15, 0.2) is 11.5 Å². The highest BCUT2D eigenvalue weighted by Gasteiger charge is 2.12. The van der Waals surface area contributed by atoms with Crippen LogP contribution in [0.5, 0.6) is 11.5 Å².